The Morgan fingerprint density at radius 1 is 1.00 bits per heavy atom. The molecular weight excluding hydrogens is 496 g/mol. The zero-order valence-electron chi connectivity index (χ0n) is 17.2. The van der Waals surface area contributed by atoms with E-state index in [1.54, 1.807) is 18.2 Å². The molecule has 0 aliphatic rings. The number of anilines is 2. The van der Waals surface area contributed by atoms with Crippen LogP contribution in [0.15, 0.2) is 76.1 Å². The van der Waals surface area contributed by atoms with E-state index in [2.05, 4.69) is 26.0 Å². The van der Waals surface area contributed by atoms with Gasteiger partial charge in [0.15, 0.2) is 0 Å². The number of benzene rings is 3. The summed E-state index contributed by atoms with van der Waals surface area (Å²) in [7, 11) is -3.71. The number of halogens is 1. The second kappa shape index (κ2) is 10.3. The lowest BCUT2D eigenvalue weighted by molar-refractivity contribution is -0.113. The number of aryl methyl sites for hydroxylation is 2. The molecule has 0 aliphatic heterocycles. The summed E-state index contributed by atoms with van der Waals surface area (Å²) >= 11 is 5.01. The van der Waals surface area contributed by atoms with Gasteiger partial charge in [0.2, 0.25) is 5.91 Å². The lowest BCUT2D eigenvalue weighted by Gasteiger charge is -2.12. The Labute approximate surface area is 195 Å². The van der Waals surface area contributed by atoms with Crippen LogP contribution in [0, 0.1) is 13.8 Å². The molecule has 0 saturated heterocycles. The van der Waals surface area contributed by atoms with Crippen LogP contribution in [0.1, 0.15) is 16.7 Å². The minimum absolute atomic E-state index is 0.133. The molecule has 162 valence electrons. The van der Waals surface area contributed by atoms with E-state index in [9.17, 15) is 13.2 Å². The first-order valence-electron chi connectivity index (χ1n) is 9.56. The number of hydrogen-bond acceptors (Lipinski definition) is 4. The fourth-order valence-corrected chi connectivity index (χ4v) is 5.49. The zero-order chi connectivity index (χ0) is 22.4. The van der Waals surface area contributed by atoms with Gasteiger partial charge in [-0.3, -0.25) is 9.52 Å². The standard InChI is InChI=1S/C23H23BrN2O3S2/c1-16-7-12-22(17(2)13-16)26-31(28,29)20-10-8-19(9-11-20)25-23(27)15-30-14-18-5-3-4-6-21(18)24/h3-13,26H,14-15H2,1-2H3,(H,25,27). The number of amides is 1. The van der Waals surface area contributed by atoms with Crippen molar-refractivity contribution in [3.8, 4) is 0 Å². The number of rotatable bonds is 8. The van der Waals surface area contributed by atoms with Crippen molar-refractivity contribution in [2.24, 2.45) is 0 Å². The molecule has 0 fully saturated rings. The van der Waals surface area contributed by atoms with Crippen LogP contribution in [0.4, 0.5) is 11.4 Å². The van der Waals surface area contributed by atoms with Gasteiger partial charge < -0.3 is 5.32 Å². The average molecular weight is 519 g/mol. The topological polar surface area (TPSA) is 75.3 Å². The molecule has 8 heteroatoms. The smallest absolute Gasteiger partial charge is 0.261 e. The maximum atomic E-state index is 12.7. The van der Waals surface area contributed by atoms with Gasteiger partial charge in [0.1, 0.15) is 0 Å². The van der Waals surface area contributed by atoms with Crippen LogP contribution >= 0.6 is 27.7 Å². The molecule has 0 atom stereocenters. The Morgan fingerprint density at radius 3 is 2.39 bits per heavy atom. The van der Waals surface area contributed by atoms with Gasteiger partial charge in [0.05, 0.1) is 16.3 Å². The highest BCUT2D eigenvalue weighted by Crippen LogP contribution is 2.23. The van der Waals surface area contributed by atoms with Crippen LogP contribution in [0.2, 0.25) is 0 Å². The summed E-state index contributed by atoms with van der Waals surface area (Å²) in [6.45, 7) is 3.81. The van der Waals surface area contributed by atoms with Gasteiger partial charge in [-0.15, -0.1) is 11.8 Å². The largest absolute Gasteiger partial charge is 0.325 e. The Balaban J connectivity index is 1.56. The molecule has 3 rings (SSSR count). The fraction of sp³-hybridized carbons (Fsp3) is 0.174. The van der Waals surface area contributed by atoms with E-state index in [-0.39, 0.29) is 10.8 Å². The highest BCUT2D eigenvalue weighted by Gasteiger charge is 2.15. The van der Waals surface area contributed by atoms with Gasteiger partial charge in [-0.1, -0.05) is 51.8 Å². The molecular formula is C23H23BrN2O3S2. The van der Waals surface area contributed by atoms with Gasteiger partial charge in [-0.2, -0.15) is 0 Å². The molecule has 0 aliphatic carbocycles. The number of thioether (sulfide) groups is 1. The van der Waals surface area contributed by atoms with Gasteiger partial charge in [-0.25, -0.2) is 8.42 Å². The third-order valence-corrected chi connectivity index (χ3v) is 7.66. The second-order valence-corrected chi connectivity index (χ2v) is 10.6. The Hall–Kier alpha value is -2.29. The molecule has 0 heterocycles. The minimum atomic E-state index is -3.71. The Bertz CT molecular complexity index is 1180. The quantitative estimate of drug-likeness (QED) is 0.398. The van der Waals surface area contributed by atoms with E-state index in [4.69, 9.17) is 0 Å². The molecule has 3 aromatic rings. The number of carbonyl (C=O) groups excluding carboxylic acids is 1. The summed E-state index contributed by atoms with van der Waals surface area (Å²) in [6.07, 6.45) is 0. The molecule has 2 N–H and O–H groups in total. The summed E-state index contributed by atoms with van der Waals surface area (Å²) in [5.41, 5.74) is 4.15. The first-order chi connectivity index (χ1) is 14.7. The lowest BCUT2D eigenvalue weighted by Crippen LogP contribution is -2.15. The molecule has 5 nitrogen and oxygen atoms in total. The monoisotopic (exact) mass is 518 g/mol. The summed E-state index contributed by atoms with van der Waals surface area (Å²) in [5.74, 6) is 0.882. The molecule has 3 aromatic carbocycles. The Morgan fingerprint density at radius 2 is 1.71 bits per heavy atom. The molecule has 1 amide bonds. The van der Waals surface area contributed by atoms with E-state index in [1.807, 2.05) is 50.2 Å². The first-order valence-corrected chi connectivity index (χ1v) is 13.0. The summed E-state index contributed by atoms with van der Waals surface area (Å²) < 4.78 is 29.0. The molecule has 0 spiro atoms. The number of hydrogen-bond donors (Lipinski definition) is 2. The van der Waals surface area contributed by atoms with Crippen molar-refractivity contribution in [2.45, 2.75) is 24.5 Å². The molecule has 0 aromatic heterocycles. The average Bonchev–Trinajstić information content (AvgIpc) is 2.72. The van der Waals surface area contributed by atoms with E-state index in [0.29, 0.717) is 17.1 Å². The number of carbonyl (C=O) groups is 1. The molecule has 0 bridgehead atoms. The molecule has 31 heavy (non-hydrogen) atoms. The van der Waals surface area contributed by atoms with Crippen LogP contribution in [0.3, 0.4) is 0 Å². The van der Waals surface area contributed by atoms with Crippen LogP contribution < -0.4 is 10.0 Å². The summed E-state index contributed by atoms with van der Waals surface area (Å²) in [6, 6.07) is 19.6. The SMILES string of the molecule is Cc1ccc(NS(=O)(=O)c2ccc(NC(=O)CSCc3ccccc3Br)cc2)c(C)c1. The second-order valence-electron chi connectivity index (χ2n) is 7.08. The summed E-state index contributed by atoms with van der Waals surface area (Å²) in [4.78, 5) is 12.3. The normalized spacial score (nSPS) is 11.2. The van der Waals surface area contributed by atoms with E-state index in [0.717, 1.165) is 26.9 Å². The van der Waals surface area contributed by atoms with Crippen LogP contribution in [0.5, 0.6) is 0 Å². The van der Waals surface area contributed by atoms with Crippen LogP contribution in [-0.4, -0.2) is 20.1 Å². The lowest BCUT2D eigenvalue weighted by atomic mass is 10.1. The van der Waals surface area contributed by atoms with Gasteiger partial charge in [0.25, 0.3) is 10.0 Å². The zero-order valence-corrected chi connectivity index (χ0v) is 20.4. The van der Waals surface area contributed by atoms with Crippen molar-refractivity contribution < 1.29 is 13.2 Å². The van der Waals surface area contributed by atoms with Crippen molar-refractivity contribution in [1.29, 1.82) is 0 Å². The van der Waals surface area contributed by atoms with E-state index in [1.165, 1.54) is 23.9 Å². The van der Waals surface area contributed by atoms with Crippen molar-refractivity contribution in [3.05, 3.63) is 87.9 Å². The predicted octanol–water partition coefficient (Wildman–Crippen LogP) is 5.74. The van der Waals surface area contributed by atoms with Gasteiger partial charge in [0, 0.05) is 15.9 Å². The fourth-order valence-electron chi connectivity index (χ4n) is 2.92. The third-order valence-electron chi connectivity index (χ3n) is 4.52. The maximum Gasteiger partial charge on any atom is 0.261 e. The first kappa shape index (κ1) is 23.4. The van der Waals surface area contributed by atoms with Crippen molar-refractivity contribution in [3.63, 3.8) is 0 Å². The number of sulfonamides is 1. The van der Waals surface area contributed by atoms with Crippen molar-refractivity contribution >= 4 is 55.0 Å². The molecule has 0 radical (unpaired) electrons. The van der Waals surface area contributed by atoms with E-state index < -0.39 is 10.0 Å². The van der Waals surface area contributed by atoms with Gasteiger partial charge >= 0.3 is 0 Å². The summed E-state index contributed by atoms with van der Waals surface area (Å²) in [5, 5.41) is 2.80. The highest BCUT2D eigenvalue weighted by molar-refractivity contribution is 9.10. The van der Waals surface area contributed by atoms with Crippen molar-refractivity contribution in [2.75, 3.05) is 15.8 Å². The van der Waals surface area contributed by atoms with E-state index >= 15 is 0 Å². The molecule has 0 unspecified atom stereocenters. The van der Waals surface area contributed by atoms with Crippen LogP contribution in [-0.2, 0) is 20.6 Å². The van der Waals surface area contributed by atoms with Crippen LogP contribution in [0.25, 0.3) is 0 Å². The maximum absolute atomic E-state index is 12.7. The highest BCUT2D eigenvalue weighted by atomic mass is 79.9. The van der Waals surface area contributed by atoms with Gasteiger partial charge in [-0.05, 0) is 61.4 Å². The number of nitrogens with one attached hydrogen (secondary N) is 2. The molecule has 0 saturated carbocycles. The third kappa shape index (κ3) is 6.59. The Kier molecular flexibility index (Phi) is 7.80. The van der Waals surface area contributed by atoms with Crippen molar-refractivity contribution in [1.82, 2.24) is 0 Å². The predicted molar refractivity (Wildman–Crippen MR) is 132 cm³/mol. The minimum Gasteiger partial charge on any atom is -0.325 e.